The second-order valence-electron chi connectivity index (χ2n) is 7.09. The van der Waals surface area contributed by atoms with E-state index in [1.807, 2.05) is 84.9 Å². The smallest absolute Gasteiger partial charge is 0.336 e. The van der Waals surface area contributed by atoms with Crippen molar-refractivity contribution < 1.29 is 9.90 Å². The molecular weight excluding hydrogens is 426 g/mol. The number of carboxylic acid groups (broad SMARTS) is 1. The van der Waals surface area contributed by atoms with Gasteiger partial charge in [0.2, 0.25) is 0 Å². The van der Waals surface area contributed by atoms with Crippen LogP contribution >= 0.6 is 23.4 Å². The fourth-order valence-electron chi connectivity index (χ4n) is 3.71. The van der Waals surface area contributed by atoms with E-state index in [1.165, 1.54) is 0 Å². The largest absolute Gasteiger partial charge is 0.478 e. The van der Waals surface area contributed by atoms with Gasteiger partial charge in [-0.3, -0.25) is 0 Å². The number of benzene rings is 4. The molecule has 0 bridgehead atoms. The molecule has 0 unspecified atom stereocenters. The van der Waals surface area contributed by atoms with Gasteiger partial charge in [0.1, 0.15) is 0 Å². The molecule has 0 saturated heterocycles. The van der Waals surface area contributed by atoms with E-state index in [2.05, 4.69) is 0 Å². The molecule has 5 aromatic rings. The fraction of sp³-hybridized carbons (Fsp3) is 0. The molecule has 0 aliphatic carbocycles. The van der Waals surface area contributed by atoms with Gasteiger partial charge in [0.05, 0.1) is 16.8 Å². The van der Waals surface area contributed by atoms with Crippen LogP contribution in [0.15, 0.2) is 101 Å². The molecule has 0 amide bonds. The van der Waals surface area contributed by atoms with Crippen molar-refractivity contribution in [3.8, 4) is 11.3 Å². The van der Waals surface area contributed by atoms with Gasteiger partial charge in [-0.05, 0) is 53.2 Å². The molecule has 4 aromatic carbocycles. The summed E-state index contributed by atoms with van der Waals surface area (Å²) in [6.07, 6.45) is 0. The molecule has 0 atom stereocenters. The van der Waals surface area contributed by atoms with E-state index in [0.717, 1.165) is 26.1 Å². The number of fused-ring (bicyclic) bond motifs is 3. The second kappa shape index (κ2) is 8.06. The van der Waals surface area contributed by atoms with Crippen molar-refractivity contribution in [1.82, 2.24) is 4.98 Å². The Morgan fingerprint density at radius 2 is 1.61 bits per heavy atom. The number of hydrogen-bond donors (Lipinski definition) is 1. The Hall–Kier alpha value is -3.34. The molecule has 0 saturated carbocycles. The average molecular weight is 442 g/mol. The van der Waals surface area contributed by atoms with Gasteiger partial charge in [0.15, 0.2) is 0 Å². The van der Waals surface area contributed by atoms with E-state index < -0.39 is 5.97 Å². The first kappa shape index (κ1) is 19.6. The van der Waals surface area contributed by atoms with Crippen molar-refractivity contribution in [3.63, 3.8) is 0 Å². The number of hydrogen-bond acceptors (Lipinski definition) is 3. The number of carboxylic acids is 1. The molecule has 150 valence electrons. The summed E-state index contributed by atoms with van der Waals surface area (Å²) in [4.78, 5) is 19.1. The van der Waals surface area contributed by atoms with Crippen LogP contribution in [0.1, 0.15) is 10.4 Å². The summed E-state index contributed by atoms with van der Waals surface area (Å²) < 4.78 is 0. The van der Waals surface area contributed by atoms with Crippen LogP contribution in [0.25, 0.3) is 32.9 Å². The molecule has 0 aliphatic heterocycles. The molecule has 5 heteroatoms. The Labute approximate surface area is 188 Å². The van der Waals surface area contributed by atoms with E-state index >= 15 is 0 Å². The number of halogens is 1. The van der Waals surface area contributed by atoms with E-state index in [0.29, 0.717) is 21.6 Å². The van der Waals surface area contributed by atoms with Crippen molar-refractivity contribution >= 4 is 51.0 Å². The summed E-state index contributed by atoms with van der Waals surface area (Å²) in [6.45, 7) is 0. The highest BCUT2D eigenvalue weighted by molar-refractivity contribution is 7.99. The quantitative estimate of drug-likeness (QED) is 0.292. The van der Waals surface area contributed by atoms with Gasteiger partial charge in [-0.15, -0.1) is 0 Å². The first-order valence-corrected chi connectivity index (χ1v) is 10.9. The van der Waals surface area contributed by atoms with Crippen LogP contribution in [0.4, 0.5) is 0 Å². The minimum Gasteiger partial charge on any atom is -0.478 e. The molecule has 1 aromatic heterocycles. The summed E-state index contributed by atoms with van der Waals surface area (Å²) in [5.41, 5.74) is 2.44. The maximum atomic E-state index is 12.2. The summed E-state index contributed by atoms with van der Waals surface area (Å²) in [6, 6.07) is 28.9. The molecule has 0 radical (unpaired) electrons. The van der Waals surface area contributed by atoms with Crippen LogP contribution < -0.4 is 0 Å². The van der Waals surface area contributed by atoms with Gasteiger partial charge in [-0.25, -0.2) is 9.78 Å². The highest BCUT2D eigenvalue weighted by Crippen LogP contribution is 2.37. The van der Waals surface area contributed by atoms with Gasteiger partial charge in [-0.2, -0.15) is 0 Å². The summed E-state index contributed by atoms with van der Waals surface area (Å²) in [5.74, 6) is -0.965. The molecular formula is C26H16ClNO2S. The number of pyridine rings is 1. The molecule has 0 fully saturated rings. The lowest BCUT2D eigenvalue weighted by Crippen LogP contribution is -2.01. The van der Waals surface area contributed by atoms with Gasteiger partial charge in [0, 0.05) is 25.8 Å². The molecule has 3 nitrogen and oxygen atoms in total. The Bertz CT molecular complexity index is 1450. The van der Waals surface area contributed by atoms with Crippen molar-refractivity contribution in [2.45, 2.75) is 9.79 Å². The third-order valence-corrected chi connectivity index (χ3v) is 6.47. The maximum absolute atomic E-state index is 12.2. The van der Waals surface area contributed by atoms with E-state index in [-0.39, 0.29) is 5.56 Å². The summed E-state index contributed by atoms with van der Waals surface area (Å²) in [5, 5.41) is 13.2. The molecule has 5 rings (SSSR count). The Morgan fingerprint density at radius 1 is 0.871 bits per heavy atom. The van der Waals surface area contributed by atoms with Crippen molar-refractivity contribution in [3.05, 3.63) is 102 Å². The monoisotopic (exact) mass is 441 g/mol. The number of aromatic carboxylic acids is 1. The van der Waals surface area contributed by atoms with E-state index in [4.69, 9.17) is 16.6 Å². The fourth-order valence-corrected chi connectivity index (χ4v) is 4.79. The predicted molar refractivity (Wildman–Crippen MR) is 127 cm³/mol. The lowest BCUT2D eigenvalue weighted by molar-refractivity contribution is 0.0699. The van der Waals surface area contributed by atoms with Crippen molar-refractivity contribution in [2.24, 2.45) is 0 Å². The Morgan fingerprint density at radius 3 is 2.42 bits per heavy atom. The molecule has 0 aliphatic rings. The lowest BCUT2D eigenvalue weighted by Gasteiger charge is -2.13. The molecule has 1 N–H and O–H groups in total. The minimum atomic E-state index is -0.965. The van der Waals surface area contributed by atoms with Crippen LogP contribution in [0.5, 0.6) is 0 Å². The van der Waals surface area contributed by atoms with Crippen LogP contribution in [-0.2, 0) is 0 Å². The van der Waals surface area contributed by atoms with Crippen LogP contribution in [-0.4, -0.2) is 16.1 Å². The third-order valence-electron chi connectivity index (χ3n) is 5.13. The second-order valence-corrected chi connectivity index (χ2v) is 8.64. The lowest BCUT2D eigenvalue weighted by atomic mass is 9.99. The van der Waals surface area contributed by atoms with Crippen molar-refractivity contribution in [1.29, 1.82) is 0 Å². The Balaban J connectivity index is 1.70. The Kier molecular flexibility index (Phi) is 5.10. The van der Waals surface area contributed by atoms with E-state index in [1.54, 1.807) is 17.8 Å². The standard InChI is InChI=1S/C26H16ClNO2S/c27-17-10-12-18(13-11-17)31-24-8-4-3-7-20(24)23-15-21(26(29)30)25-19-6-2-1-5-16(19)9-14-22(25)28-23/h1-15H,(H,29,30). The zero-order valence-electron chi connectivity index (χ0n) is 16.2. The maximum Gasteiger partial charge on any atom is 0.336 e. The highest BCUT2D eigenvalue weighted by Gasteiger charge is 2.17. The summed E-state index contributed by atoms with van der Waals surface area (Å²) in [7, 11) is 0. The predicted octanol–water partition coefficient (Wildman–Crippen LogP) is 7.56. The van der Waals surface area contributed by atoms with Crippen LogP contribution in [0, 0.1) is 0 Å². The van der Waals surface area contributed by atoms with Gasteiger partial charge in [0.25, 0.3) is 0 Å². The van der Waals surface area contributed by atoms with E-state index in [9.17, 15) is 9.90 Å². The van der Waals surface area contributed by atoms with Gasteiger partial charge in [-0.1, -0.05) is 71.9 Å². The zero-order valence-corrected chi connectivity index (χ0v) is 17.8. The normalized spacial score (nSPS) is 11.1. The highest BCUT2D eigenvalue weighted by atomic mass is 35.5. The zero-order chi connectivity index (χ0) is 21.4. The number of nitrogens with zero attached hydrogens (tertiary/aromatic N) is 1. The topological polar surface area (TPSA) is 50.2 Å². The molecule has 1 heterocycles. The SMILES string of the molecule is O=C(O)c1cc(-c2ccccc2Sc2ccc(Cl)cc2)nc2ccc3ccccc3c12. The molecule has 31 heavy (non-hydrogen) atoms. The number of rotatable bonds is 4. The van der Waals surface area contributed by atoms with Crippen LogP contribution in [0.3, 0.4) is 0 Å². The van der Waals surface area contributed by atoms with Crippen molar-refractivity contribution in [2.75, 3.05) is 0 Å². The van der Waals surface area contributed by atoms with Gasteiger partial charge >= 0.3 is 5.97 Å². The average Bonchev–Trinajstić information content (AvgIpc) is 2.80. The molecule has 0 spiro atoms. The number of carbonyl (C=O) groups is 1. The number of aromatic nitrogens is 1. The first-order valence-electron chi connectivity index (χ1n) is 9.69. The minimum absolute atomic E-state index is 0.253. The first-order chi connectivity index (χ1) is 15.1. The van der Waals surface area contributed by atoms with Gasteiger partial charge < -0.3 is 5.11 Å². The van der Waals surface area contributed by atoms with Crippen LogP contribution in [0.2, 0.25) is 5.02 Å². The summed E-state index contributed by atoms with van der Waals surface area (Å²) >= 11 is 7.60. The third kappa shape index (κ3) is 3.76.